The van der Waals surface area contributed by atoms with E-state index in [1.807, 2.05) is 0 Å². The molecule has 9 heteroatoms. The summed E-state index contributed by atoms with van der Waals surface area (Å²) in [4.78, 5) is 11.2. The van der Waals surface area contributed by atoms with Gasteiger partial charge in [-0.15, -0.1) is 11.6 Å². The number of hydrogen-bond donors (Lipinski definition) is 0. The van der Waals surface area contributed by atoms with E-state index >= 15 is 0 Å². The summed E-state index contributed by atoms with van der Waals surface area (Å²) in [6.45, 7) is -4.30. The zero-order chi connectivity index (χ0) is 18.4. The van der Waals surface area contributed by atoms with Crippen LogP contribution in [0.4, 0.5) is 8.78 Å². The number of ether oxygens (including phenoxy) is 1. The first-order valence-electron chi connectivity index (χ1n) is 7.28. The van der Waals surface area contributed by atoms with Crippen LogP contribution >= 0.6 is 29.5 Å². The largest absolute Gasteiger partial charge is 0.469 e. The molecule has 0 bridgehead atoms. The third-order valence-electron chi connectivity index (χ3n) is 3.53. The number of alkyl halides is 3. The van der Waals surface area contributed by atoms with Crippen molar-refractivity contribution in [2.75, 3.05) is 26.6 Å². The van der Waals surface area contributed by atoms with Gasteiger partial charge in [0.25, 0.3) is 0 Å². The van der Waals surface area contributed by atoms with E-state index in [1.165, 1.54) is 26.3 Å². The molecule has 0 aliphatic heterocycles. The summed E-state index contributed by atoms with van der Waals surface area (Å²) < 4.78 is 47.2. The van der Waals surface area contributed by atoms with Crippen molar-refractivity contribution in [1.82, 2.24) is 4.67 Å². The average Bonchev–Trinajstić information content (AvgIpc) is 2.55. The van der Waals surface area contributed by atoms with E-state index in [-0.39, 0.29) is 13.0 Å². The van der Waals surface area contributed by atoms with E-state index in [2.05, 4.69) is 4.74 Å². The molecule has 24 heavy (non-hydrogen) atoms. The molecule has 136 valence electrons. The number of benzene rings is 1. The highest BCUT2D eigenvalue weighted by Crippen LogP contribution is 2.70. The number of hydrogen-bond acceptors (Lipinski definition) is 3. The molecule has 0 amide bonds. The highest BCUT2D eigenvalue weighted by molar-refractivity contribution is 7.87. The molecule has 1 aromatic carbocycles. The van der Waals surface area contributed by atoms with Crippen LogP contribution in [0.3, 0.4) is 0 Å². The maximum Gasteiger partial charge on any atom is 0.349 e. The van der Waals surface area contributed by atoms with Crippen molar-refractivity contribution in [1.29, 1.82) is 0 Å². The van der Waals surface area contributed by atoms with Crippen LogP contribution in [0.1, 0.15) is 24.0 Å². The normalized spacial score (nSPS) is 14.5. The lowest BCUT2D eigenvalue weighted by atomic mass is 10.1. The van der Waals surface area contributed by atoms with E-state index in [0.717, 1.165) is 16.8 Å². The maximum atomic E-state index is 14.6. The van der Waals surface area contributed by atoms with Gasteiger partial charge in [0.05, 0.1) is 13.5 Å². The highest BCUT2D eigenvalue weighted by Gasteiger charge is 2.53. The molecule has 4 nitrogen and oxygen atoms in total. The van der Waals surface area contributed by atoms with Crippen molar-refractivity contribution >= 4 is 35.5 Å². The van der Waals surface area contributed by atoms with Gasteiger partial charge in [-0.1, -0.05) is 24.3 Å². The molecule has 1 aromatic rings. The number of halogens is 4. The minimum atomic E-state index is -4.46. The molecule has 0 heterocycles. The fourth-order valence-corrected chi connectivity index (χ4v) is 4.00. The number of carbonyl (C=O) groups is 1. The monoisotopic (exact) mass is 401 g/mol. The van der Waals surface area contributed by atoms with Crippen LogP contribution in [-0.4, -0.2) is 37.2 Å². The zero-order valence-corrected chi connectivity index (χ0v) is 15.9. The van der Waals surface area contributed by atoms with Crippen LogP contribution in [0.15, 0.2) is 24.3 Å². The average molecular weight is 402 g/mol. The highest BCUT2D eigenvalue weighted by atomic mass is 35.7. The van der Waals surface area contributed by atoms with Crippen molar-refractivity contribution < 1.29 is 22.9 Å². The molecule has 0 aliphatic rings. The second-order valence-corrected chi connectivity index (χ2v) is 9.27. The van der Waals surface area contributed by atoms with Gasteiger partial charge in [0.15, 0.2) is 0 Å². The Bertz CT molecular complexity index is 599. The van der Waals surface area contributed by atoms with Crippen LogP contribution in [0.5, 0.6) is 0 Å². The quantitative estimate of drug-likeness (QED) is 0.257. The summed E-state index contributed by atoms with van der Waals surface area (Å²) in [5.41, 5.74) is -3.66. The second-order valence-electron chi connectivity index (χ2n) is 5.27. The van der Waals surface area contributed by atoms with E-state index in [9.17, 15) is 18.1 Å². The molecule has 0 saturated heterocycles. The van der Waals surface area contributed by atoms with Crippen LogP contribution in [0, 0.1) is 0 Å². The molecule has 0 radical (unpaired) electrons. The van der Waals surface area contributed by atoms with E-state index in [1.54, 1.807) is 0 Å². The summed E-state index contributed by atoms with van der Waals surface area (Å²) >= 11 is 11.3. The fourth-order valence-electron chi connectivity index (χ4n) is 2.00. The zero-order valence-electron chi connectivity index (χ0n) is 13.5. The Labute approximate surface area is 150 Å². The molecular weight excluding hydrogens is 382 g/mol. The first-order chi connectivity index (χ1) is 11.2. The van der Waals surface area contributed by atoms with E-state index < -0.39 is 23.8 Å². The van der Waals surface area contributed by atoms with Crippen molar-refractivity contribution in [3.8, 4) is 0 Å². The molecule has 0 saturated carbocycles. The molecule has 0 N–H and O–H groups in total. The maximum absolute atomic E-state index is 14.6. The third kappa shape index (κ3) is 5.16. The predicted octanol–water partition coefficient (Wildman–Crippen LogP) is 4.83. The number of rotatable bonds is 9. The molecular formula is C15H20Cl2F2NO3P. The third-order valence-corrected chi connectivity index (χ3v) is 7.24. The van der Waals surface area contributed by atoms with Gasteiger partial charge in [-0.05, 0) is 36.7 Å². The standard InChI is InChI=1S/C15H20Cl2F2NO3P/c1-20(10-4-3-9-16)24(17,22)15(18,19)13-7-5-12(6-8-13)11-14(21)23-2/h5-8H,3-4,9-11H2,1-2H3. The van der Waals surface area contributed by atoms with Gasteiger partial charge in [-0.2, -0.15) is 8.78 Å². The van der Waals surface area contributed by atoms with Crippen LogP contribution < -0.4 is 0 Å². The lowest BCUT2D eigenvalue weighted by Gasteiger charge is -2.29. The van der Waals surface area contributed by atoms with Gasteiger partial charge in [0.2, 0.25) is 0 Å². The lowest BCUT2D eigenvalue weighted by molar-refractivity contribution is -0.139. The van der Waals surface area contributed by atoms with Crippen molar-refractivity contribution in [2.24, 2.45) is 0 Å². The fraction of sp³-hybridized carbons (Fsp3) is 0.533. The Kier molecular flexibility index (Phi) is 8.13. The molecule has 0 aliphatic carbocycles. The molecule has 1 atom stereocenters. The number of esters is 1. The van der Waals surface area contributed by atoms with Crippen molar-refractivity contribution in [2.45, 2.75) is 24.9 Å². The summed E-state index contributed by atoms with van der Waals surface area (Å²) in [6, 6.07) is 4.98. The van der Waals surface area contributed by atoms with Crippen LogP contribution in [-0.2, 0) is 26.2 Å². The Morgan fingerprint density at radius 3 is 2.38 bits per heavy atom. The van der Waals surface area contributed by atoms with E-state index in [4.69, 9.17) is 22.8 Å². The molecule has 0 aromatic heterocycles. The van der Waals surface area contributed by atoms with Gasteiger partial charge < -0.3 is 4.74 Å². The minimum Gasteiger partial charge on any atom is -0.469 e. The van der Waals surface area contributed by atoms with Gasteiger partial charge >= 0.3 is 18.3 Å². The molecule has 1 rings (SSSR count). The predicted molar refractivity (Wildman–Crippen MR) is 92.1 cm³/mol. The smallest absolute Gasteiger partial charge is 0.349 e. The van der Waals surface area contributed by atoms with Gasteiger partial charge in [-0.25, -0.2) is 4.67 Å². The van der Waals surface area contributed by atoms with Crippen molar-refractivity contribution in [3.05, 3.63) is 35.4 Å². The Morgan fingerprint density at radius 1 is 1.29 bits per heavy atom. The summed E-state index contributed by atoms with van der Waals surface area (Å²) in [5, 5.41) is 0. The minimum absolute atomic E-state index is 0.0286. The number of unbranched alkanes of at least 4 members (excludes halogenated alkanes) is 1. The van der Waals surface area contributed by atoms with Gasteiger partial charge in [0.1, 0.15) is 0 Å². The number of methoxy groups -OCH3 is 1. The Morgan fingerprint density at radius 2 is 1.88 bits per heavy atom. The lowest BCUT2D eigenvalue weighted by Crippen LogP contribution is -2.24. The van der Waals surface area contributed by atoms with Crippen LogP contribution in [0.2, 0.25) is 0 Å². The first kappa shape index (κ1) is 21.4. The van der Waals surface area contributed by atoms with Crippen LogP contribution in [0.25, 0.3) is 0 Å². The number of nitrogens with zero attached hydrogens (tertiary/aromatic N) is 1. The van der Waals surface area contributed by atoms with E-state index in [0.29, 0.717) is 24.3 Å². The summed E-state index contributed by atoms with van der Waals surface area (Å²) in [7, 11) is 2.55. The summed E-state index contributed by atoms with van der Waals surface area (Å²) in [6.07, 6.45) is 1.11. The Hall–Kier alpha value is -0.680. The van der Waals surface area contributed by atoms with Gasteiger partial charge in [-0.3, -0.25) is 9.36 Å². The Balaban J connectivity index is 2.92. The molecule has 0 spiro atoms. The SMILES string of the molecule is COC(=O)Cc1ccc(C(F)(F)P(=O)(Cl)N(C)CCCCCl)cc1. The number of carbonyl (C=O) groups excluding carboxylic acids is 1. The molecule has 0 fully saturated rings. The molecule has 1 unspecified atom stereocenters. The topological polar surface area (TPSA) is 46.6 Å². The van der Waals surface area contributed by atoms with Crippen molar-refractivity contribution in [3.63, 3.8) is 0 Å². The van der Waals surface area contributed by atoms with Gasteiger partial charge in [0, 0.05) is 18.0 Å². The summed E-state index contributed by atoms with van der Waals surface area (Å²) in [5.74, 6) is -0.0741. The second kappa shape index (κ2) is 9.14. The first-order valence-corrected chi connectivity index (χ1v) is 10.4.